The minimum atomic E-state index is -0.0824. The Morgan fingerprint density at radius 3 is 2.38 bits per heavy atom. The van der Waals surface area contributed by atoms with Gasteiger partial charge in [-0.15, -0.1) is 0 Å². The van der Waals surface area contributed by atoms with Crippen molar-refractivity contribution in [3.8, 4) is 5.75 Å². The van der Waals surface area contributed by atoms with E-state index in [9.17, 15) is 4.79 Å². The van der Waals surface area contributed by atoms with Crippen LogP contribution in [0.15, 0.2) is 103 Å². The molecule has 0 bridgehead atoms. The van der Waals surface area contributed by atoms with Gasteiger partial charge in [-0.2, -0.15) is 0 Å². The van der Waals surface area contributed by atoms with Gasteiger partial charge in [-0.05, 0) is 84.3 Å². The largest absolute Gasteiger partial charge is 0.489 e. The minimum Gasteiger partial charge on any atom is -0.489 e. The number of nitrogens with zero attached hydrogens (tertiary/aromatic N) is 1. The zero-order valence-corrected chi connectivity index (χ0v) is 21.6. The third kappa shape index (κ3) is 6.61. The quantitative estimate of drug-likeness (QED) is 0.238. The number of carbonyl (C=O) groups excluding carboxylic acids is 1. The van der Waals surface area contributed by atoms with Gasteiger partial charge in [0.15, 0.2) is 0 Å². The van der Waals surface area contributed by atoms with Gasteiger partial charge < -0.3 is 9.64 Å². The van der Waals surface area contributed by atoms with Gasteiger partial charge in [0.1, 0.15) is 12.4 Å². The highest BCUT2D eigenvalue weighted by Gasteiger charge is 2.19. The van der Waals surface area contributed by atoms with Crippen LogP contribution in [0.3, 0.4) is 0 Å². The van der Waals surface area contributed by atoms with Crippen LogP contribution in [-0.4, -0.2) is 5.91 Å². The summed E-state index contributed by atoms with van der Waals surface area (Å²) in [7, 11) is 0. The zero-order valence-electron chi connectivity index (χ0n) is 20.9. The Bertz CT molecular complexity index is 1310. The lowest BCUT2D eigenvalue weighted by Crippen LogP contribution is -2.30. The van der Waals surface area contributed by atoms with Gasteiger partial charge in [-0.3, -0.25) is 4.79 Å². The lowest BCUT2D eigenvalue weighted by molar-refractivity contribution is 0.0985. The highest BCUT2D eigenvalue weighted by molar-refractivity contribution is 6.31. The second-order valence-corrected chi connectivity index (χ2v) is 9.98. The fourth-order valence-electron chi connectivity index (χ4n) is 4.87. The van der Waals surface area contributed by atoms with Crippen molar-refractivity contribution in [1.82, 2.24) is 0 Å². The fourth-order valence-corrected chi connectivity index (χ4v) is 5.05. The first kappa shape index (κ1) is 25.1. The average Bonchev–Trinajstić information content (AvgIpc) is 2.96. The summed E-state index contributed by atoms with van der Waals surface area (Å²) in [6.45, 7) is 0.845. The first-order valence-electron chi connectivity index (χ1n) is 12.9. The van der Waals surface area contributed by atoms with Gasteiger partial charge in [0.05, 0.1) is 6.54 Å². The molecule has 4 aromatic rings. The average molecular weight is 509 g/mol. The molecular formula is C33H31ClNO2. The number of carbonyl (C=O) groups is 1. The van der Waals surface area contributed by atoms with Crippen molar-refractivity contribution in [3.63, 3.8) is 0 Å². The molecule has 1 aliphatic rings. The third-order valence-corrected chi connectivity index (χ3v) is 7.09. The summed E-state index contributed by atoms with van der Waals surface area (Å²) in [5, 5.41) is 0.595. The summed E-state index contributed by atoms with van der Waals surface area (Å²) in [6.07, 6.45) is 7.48. The Morgan fingerprint density at radius 2 is 1.62 bits per heavy atom. The number of anilines is 1. The van der Waals surface area contributed by atoms with Gasteiger partial charge in [-0.25, -0.2) is 0 Å². The molecule has 0 aliphatic heterocycles. The molecule has 1 radical (unpaired) electrons. The molecule has 187 valence electrons. The summed E-state index contributed by atoms with van der Waals surface area (Å²) in [5.41, 5.74) is 4.73. The smallest absolute Gasteiger partial charge is 0.258 e. The second-order valence-electron chi connectivity index (χ2n) is 9.54. The molecule has 0 aromatic heterocycles. The van der Waals surface area contributed by atoms with E-state index in [2.05, 4.69) is 18.6 Å². The summed E-state index contributed by atoms with van der Waals surface area (Å²) in [4.78, 5) is 15.5. The van der Waals surface area contributed by atoms with E-state index >= 15 is 0 Å². The van der Waals surface area contributed by atoms with Gasteiger partial charge in [0.25, 0.3) is 5.91 Å². The Labute approximate surface area is 224 Å². The summed E-state index contributed by atoms with van der Waals surface area (Å²) in [6, 6.07) is 33.5. The number of hydrogen-bond acceptors (Lipinski definition) is 2. The van der Waals surface area contributed by atoms with E-state index in [1.165, 1.54) is 31.2 Å². The summed E-state index contributed by atoms with van der Waals surface area (Å²) >= 11 is 6.26. The molecule has 0 saturated heterocycles. The first-order valence-corrected chi connectivity index (χ1v) is 13.3. The topological polar surface area (TPSA) is 29.5 Å². The van der Waals surface area contributed by atoms with Crippen molar-refractivity contribution in [2.75, 3.05) is 4.90 Å². The predicted molar refractivity (Wildman–Crippen MR) is 151 cm³/mol. The van der Waals surface area contributed by atoms with Crippen molar-refractivity contribution in [2.45, 2.75) is 44.8 Å². The molecular weight excluding hydrogens is 478 g/mol. The van der Waals surface area contributed by atoms with Crippen LogP contribution in [-0.2, 0) is 13.2 Å². The van der Waals surface area contributed by atoms with Gasteiger partial charge in [0.2, 0.25) is 0 Å². The number of amides is 1. The van der Waals surface area contributed by atoms with Crippen LogP contribution in [0, 0.1) is 6.42 Å². The number of ether oxygens (including phenoxy) is 1. The molecule has 1 amide bonds. The van der Waals surface area contributed by atoms with E-state index in [-0.39, 0.29) is 5.91 Å². The van der Waals surface area contributed by atoms with Gasteiger partial charge in [-0.1, -0.05) is 85.1 Å². The lowest BCUT2D eigenvalue weighted by Gasteiger charge is -2.24. The molecule has 37 heavy (non-hydrogen) atoms. The number of halogens is 1. The maximum Gasteiger partial charge on any atom is 0.258 e. The monoisotopic (exact) mass is 508 g/mol. The fraction of sp³-hybridized carbons (Fsp3) is 0.212. The minimum absolute atomic E-state index is 0.0824. The van der Waals surface area contributed by atoms with E-state index in [1.54, 1.807) is 4.90 Å². The molecule has 1 saturated carbocycles. The Kier molecular flexibility index (Phi) is 8.22. The van der Waals surface area contributed by atoms with Crippen molar-refractivity contribution in [1.29, 1.82) is 0 Å². The normalized spacial score (nSPS) is 13.8. The SMILES string of the molecule is O=C(c1cccc(COc2ccc(C3[CH]CCCC3)cc2)c1)N(Cc1ccccc1)c1cccc(Cl)c1. The molecule has 3 nitrogen and oxygen atoms in total. The number of rotatable bonds is 8. The van der Waals surface area contributed by atoms with Crippen LogP contribution in [0.25, 0.3) is 0 Å². The number of benzene rings is 4. The molecule has 1 aliphatic carbocycles. The first-order chi connectivity index (χ1) is 18.2. The number of hydrogen-bond donors (Lipinski definition) is 0. The van der Waals surface area contributed by atoms with Crippen molar-refractivity contribution in [2.24, 2.45) is 0 Å². The Hall–Kier alpha value is -3.56. The Morgan fingerprint density at radius 1 is 0.838 bits per heavy atom. The zero-order chi connectivity index (χ0) is 25.5. The maximum absolute atomic E-state index is 13.7. The van der Waals surface area contributed by atoms with Crippen molar-refractivity contribution in [3.05, 3.63) is 137 Å². The molecule has 0 heterocycles. The molecule has 5 rings (SSSR count). The van der Waals surface area contributed by atoms with Crippen LogP contribution in [0.5, 0.6) is 5.75 Å². The highest BCUT2D eigenvalue weighted by atomic mass is 35.5. The summed E-state index contributed by atoms with van der Waals surface area (Å²) < 4.78 is 6.07. The van der Waals surface area contributed by atoms with Crippen LogP contribution >= 0.6 is 11.6 Å². The van der Waals surface area contributed by atoms with Crippen LogP contribution in [0.1, 0.15) is 58.6 Å². The molecule has 4 heteroatoms. The molecule has 0 spiro atoms. The molecule has 1 unspecified atom stereocenters. The second kappa shape index (κ2) is 12.1. The van der Waals surface area contributed by atoms with Crippen LogP contribution in [0.4, 0.5) is 5.69 Å². The van der Waals surface area contributed by atoms with Gasteiger partial charge in [0, 0.05) is 16.3 Å². The van der Waals surface area contributed by atoms with Crippen molar-refractivity contribution >= 4 is 23.2 Å². The molecule has 4 aromatic carbocycles. The molecule has 1 atom stereocenters. The van der Waals surface area contributed by atoms with Crippen LogP contribution < -0.4 is 9.64 Å². The van der Waals surface area contributed by atoms with E-state index in [0.717, 1.165) is 22.6 Å². The van der Waals surface area contributed by atoms with Gasteiger partial charge >= 0.3 is 0 Å². The summed E-state index contributed by atoms with van der Waals surface area (Å²) in [5.74, 6) is 1.31. The molecule has 1 fully saturated rings. The maximum atomic E-state index is 13.7. The third-order valence-electron chi connectivity index (χ3n) is 6.86. The lowest BCUT2D eigenvalue weighted by atomic mass is 9.84. The van der Waals surface area contributed by atoms with E-state index < -0.39 is 0 Å². The Balaban J connectivity index is 1.29. The predicted octanol–water partition coefficient (Wildman–Crippen LogP) is 8.63. The van der Waals surface area contributed by atoms with E-state index in [1.807, 2.05) is 91.0 Å². The van der Waals surface area contributed by atoms with Crippen LogP contribution in [0.2, 0.25) is 5.02 Å². The molecule has 0 N–H and O–H groups in total. The van der Waals surface area contributed by atoms with Crippen molar-refractivity contribution < 1.29 is 9.53 Å². The highest BCUT2D eigenvalue weighted by Crippen LogP contribution is 2.32. The van der Waals surface area contributed by atoms with E-state index in [0.29, 0.717) is 29.7 Å². The van der Waals surface area contributed by atoms with E-state index in [4.69, 9.17) is 16.3 Å². The standard InChI is InChI=1S/C33H31ClNO2/c34-30-15-8-16-31(22-30)35(23-25-9-3-1-4-10-25)33(36)29-14-7-11-26(21-29)24-37-32-19-17-28(18-20-32)27-12-5-2-6-13-27/h1,3-4,7-12,14-22,27H,2,5-6,13,23-24H2.